The minimum Gasteiger partial charge on any atom is -0.438 e. The number of nitrogens with zero attached hydrogens (tertiary/aromatic N) is 3. The number of fused-ring (bicyclic) bond motifs is 6. The van der Waals surface area contributed by atoms with Crippen molar-refractivity contribution in [1.82, 2.24) is 10.3 Å². The minimum absolute atomic E-state index is 0.325. The summed E-state index contributed by atoms with van der Waals surface area (Å²) in [6, 6.07) is 72.3. The monoisotopic (exact) mass is 780 g/mol. The standard InChI is InChI=1S/C56H36N4O/c1-3-15-36(16-4-1)40-28-30-46(43-22-11-9-20-41(40)43)50-33-32-49-52-47(24-13-25-51(52)61-56(49)57-50)45-29-31-48(44-23-12-10-21-42(44)45)55-59-53(37-17-5-2-6-18-37)58-54(60-55)39-27-26-35-14-7-8-19-38(35)34-39/h1-34,54H,(H,58,59,60). The first-order valence-corrected chi connectivity index (χ1v) is 20.6. The normalized spacial score (nSPS) is 14.1. The van der Waals surface area contributed by atoms with E-state index in [4.69, 9.17) is 19.4 Å². The van der Waals surface area contributed by atoms with Crippen LogP contribution in [0.3, 0.4) is 0 Å². The molecule has 9 aromatic carbocycles. The number of aromatic nitrogens is 1. The van der Waals surface area contributed by atoms with Gasteiger partial charge in [0.05, 0.1) is 5.69 Å². The quantitative estimate of drug-likeness (QED) is 0.183. The van der Waals surface area contributed by atoms with Crippen LogP contribution in [0.1, 0.15) is 22.9 Å². The largest absolute Gasteiger partial charge is 0.438 e. The summed E-state index contributed by atoms with van der Waals surface area (Å²) in [4.78, 5) is 15.6. The average molecular weight is 781 g/mol. The minimum atomic E-state index is -0.325. The van der Waals surface area contributed by atoms with Gasteiger partial charge in [0, 0.05) is 27.5 Å². The highest BCUT2D eigenvalue weighted by molar-refractivity contribution is 6.21. The van der Waals surface area contributed by atoms with Crippen molar-refractivity contribution in [3.63, 3.8) is 0 Å². The zero-order valence-corrected chi connectivity index (χ0v) is 33.0. The smallest absolute Gasteiger partial charge is 0.227 e. The fraction of sp³-hybridized carbons (Fsp3) is 0.0179. The first-order chi connectivity index (χ1) is 30.2. The highest BCUT2D eigenvalue weighted by Crippen LogP contribution is 2.42. The summed E-state index contributed by atoms with van der Waals surface area (Å²) in [6.45, 7) is 0. The van der Waals surface area contributed by atoms with Gasteiger partial charge in [0.25, 0.3) is 0 Å². The summed E-state index contributed by atoms with van der Waals surface area (Å²) in [5.74, 6) is 1.48. The summed E-state index contributed by atoms with van der Waals surface area (Å²) in [5.41, 5.74) is 11.0. The van der Waals surface area contributed by atoms with Crippen LogP contribution in [0.4, 0.5) is 0 Å². The second-order valence-electron chi connectivity index (χ2n) is 15.5. The predicted molar refractivity (Wildman–Crippen MR) is 252 cm³/mol. The van der Waals surface area contributed by atoms with Gasteiger partial charge in [-0.3, -0.25) is 0 Å². The Morgan fingerprint density at radius 1 is 0.426 bits per heavy atom. The van der Waals surface area contributed by atoms with Crippen molar-refractivity contribution in [2.45, 2.75) is 6.17 Å². The third-order valence-electron chi connectivity index (χ3n) is 12.0. The molecule has 1 unspecified atom stereocenters. The van der Waals surface area contributed by atoms with Crippen LogP contribution in [0.25, 0.3) is 87.9 Å². The molecular formula is C56H36N4O. The fourth-order valence-electron chi connectivity index (χ4n) is 9.06. The lowest BCUT2D eigenvalue weighted by molar-refractivity contribution is 0.655. The van der Waals surface area contributed by atoms with E-state index in [1.54, 1.807) is 0 Å². The molecule has 1 N–H and O–H groups in total. The molecule has 0 spiro atoms. The molecule has 0 saturated carbocycles. The maximum absolute atomic E-state index is 6.59. The van der Waals surface area contributed by atoms with E-state index in [1.807, 2.05) is 24.3 Å². The van der Waals surface area contributed by atoms with E-state index >= 15 is 0 Å². The molecule has 0 radical (unpaired) electrons. The summed E-state index contributed by atoms with van der Waals surface area (Å²) in [6.07, 6.45) is -0.325. The molecule has 286 valence electrons. The molecule has 5 nitrogen and oxygen atoms in total. The summed E-state index contributed by atoms with van der Waals surface area (Å²) in [7, 11) is 0. The molecule has 61 heavy (non-hydrogen) atoms. The molecule has 3 heterocycles. The SMILES string of the molecule is c1ccc(C2=NC(c3ccc4ccccc4c3)NC(c3ccc(-c4cccc5oc6nc(-c7ccc(-c8ccccc8)c8ccccc78)ccc6c45)c4ccccc34)=N2)cc1. The van der Waals surface area contributed by atoms with Gasteiger partial charge in [-0.1, -0.05) is 182 Å². The fourth-order valence-corrected chi connectivity index (χ4v) is 9.06. The average Bonchev–Trinajstić information content (AvgIpc) is 3.72. The van der Waals surface area contributed by atoms with Crippen molar-refractivity contribution in [2.75, 3.05) is 0 Å². The Bertz CT molecular complexity index is 3570. The van der Waals surface area contributed by atoms with Gasteiger partial charge in [0.15, 0.2) is 5.84 Å². The molecule has 2 aromatic heterocycles. The molecule has 0 bridgehead atoms. The van der Waals surface area contributed by atoms with Gasteiger partial charge in [-0.25, -0.2) is 15.0 Å². The Hall–Kier alpha value is -8.15. The number of amidine groups is 2. The Balaban J connectivity index is 0.966. The molecule has 0 saturated heterocycles. The van der Waals surface area contributed by atoms with Crippen LogP contribution in [-0.2, 0) is 0 Å². The van der Waals surface area contributed by atoms with Gasteiger partial charge in [0.1, 0.15) is 17.6 Å². The lowest BCUT2D eigenvalue weighted by atomic mass is 9.92. The number of furan rings is 1. The van der Waals surface area contributed by atoms with E-state index in [2.05, 4.69) is 187 Å². The van der Waals surface area contributed by atoms with Crippen molar-refractivity contribution < 1.29 is 4.42 Å². The molecule has 11 aromatic rings. The van der Waals surface area contributed by atoms with Crippen LogP contribution in [0.2, 0.25) is 0 Å². The molecule has 0 fully saturated rings. The first kappa shape index (κ1) is 34.9. The van der Waals surface area contributed by atoms with Crippen molar-refractivity contribution in [2.24, 2.45) is 9.98 Å². The maximum Gasteiger partial charge on any atom is 0.227 e. The van der Waals surface area contributed by atoms with Crippen LogP contribution in [-0.4, -0.2) is 16.7 Å². The maximum atomic E-state index is 6.59. The van der Waals surface area contributed by atoms with E-state index < -0.39 is 0 Å². The van der Waals surface area contributed by atoms with E-state index in [9.17, 15) is 0 Å². The summed E-state index contributed by atoms with van der Waals surface area (Å²) in [5, 5.41) is 12.7. The second-order valence-corrected chi connectivity index (χ2v) is 15.5. The van der Waals surface area contributed by atoms with Gasteiger partial charge in [-0.05, 0) is 84.4 Å². The van der Waals surface area contributed by atoms with Gasteiger partial charge >= 0.3 is 0 Å². The van der Waals surface area contributed by atoms with E-state index in [0.29, 0.717) is 11.5 Å². The molecule has 1 aliphatic rings. The van der Waals surface area contributed by atoms with E-state index in [-0.39, 0.29) is 6.17 Å². The van der Waals surface area contributed by atoms with Crippen LogP contribution >= 0.6 is 0 Å². The molecule has 5 heteroatoms. The molecule has 0 aliphatic carbocycles. The number of hydrogen-bond acceptors (Lipinski definition) is 5. The number of hydrogen-bond donors (Lipinski definition) is 1. The molecule has 1 atom stereocenters. The van der Waals surface area contributed by atoms with Crippen molar-refractivity contribution in [3.8, 4) is 33.5 Å². The predicted octanol–water partition coefficient (Wildman–Crippen LogP) is 13.9. The highest BCUT2D eigenvalue weighted by Gasteiger charge is 2.24. The van der Waals surface area contributed by atoms with E-state index in [0.717, 1.165) is 77.4 Å². The molecular weight excluding hydrogens is 745 g/mol. The highest BCUT2D eigenvalue weighted by atomic mass is 16.3. The zero-order chi connectivity index (χ0) is 40.3. The lowest BCUT2D eigenvalue weighted by Gasteiger charge is -2.25. The number of nitrogens with one attached hydrogen (secondary N) is 1. The third-order valence-corrected chi connectivity index (χ3v) is 12.0. The number of aliphatic imine (C=N–C) groups is 2. The van der Waals surface area contributed by atoms with Gasteiger partial charge in [-0.15, -0.1) is 0 Å². The Labute approximate surface area is 352 Å². The molecule has 1 aliphatic heterocycles. The van der Waals surface area contributed by atoms with Crippen molar-refractivity contribution in [1.29, 1.82) is 0 Å². The summed E-state index contributed by atoms with van der Waals surface area (Å²) < 4.78 is 6.59. The van der Waals surface area contributed by atoms with Crippen molar-refractivity contribution in [3.05, 3.63) is 223 Å². The third kappa shape index (κ3) is 5.97. The summed E-state index contributed by atoms with van der Waals surface area (Å²) >= 11 is 0. The Kier molecular flexibility index (Phi) is 8.17. The van der Waals surface area contributed by atoms with Crippen LogP contribution in [0.15, 0.2) is 221 Å². The lowest BCUT2D eigenvalue weighted by Crippen LogP contribution is -2.33. The van der Waals surface area contributed by atoms with Crippen LogP contribution in [0.5, 0.6) is 0 Å². The number of benzene rings is 9. The first-order valence-electron chi connectivity index (χ1n) is 20.6. The van der Waals surface area contributed by atoms with Gasteiger partial charge < -0.3 is 9.73 Å². The van der Waals surface area contributed by atoms with Gasteiger partial charge in [0.2, 0.25) is 5.71 Å². The topological polar surface area (TPSA) is 62.8 Å². The van der Waals surface area contributed by atoms with E-state index in [1.165, 1.54) is 27.3 Å². The van der Waals surface area contributed by atoms with Gasteiger partial charge in [-0.2, -0.15) is 0 Å². The zero-order valence-electron chi connectivity index (χ0n) is 33.0. The Morgan fingerprint density at radius 2 is 1.05 bits per heavy atom. The van der Waals surface area contributed by atoms with Crippen molar-refractivity contribution >= 4 is 66.1 Å². The second kappa shape index (κ2) is 14.3. The number of rotatable bonds is 6. The van der Waals surface area contributed by atoms with Crippen LogP contribution in [0, 0.1) is 0 Å². The Morgan fingerprint density at radius 3 is 1.84 bits per heavy atom. The molecule has 0 amide bonds. The number of pyridine rings is 1. The molecule has 12 rings (SSSR count). The van der Waals surface area contributed by atoms with Crippen LogP contribution < -0.4 is 5.32 Å².